The molecule has 2 N–H and O–H groups in total. The van der Waals surface area contributed by atoms with Gasteiger partial charge in [-0.3, -0.25) is 14.4 Å². The number of hydrogen-bond donors (Lipinski definition) is 1. The van der Waals surface area contributed by atoms with Crippen molar-refractivity contribution in [1.29, 1.82) is 0 Å². The number of esters is 4. The van der Waals surface area contributed by atoms with Crippen LogP contribution in [0.4, 0.5) is 4.79 Å². The molecule has 0 bridgehead atoms. The van der Waals surface area contributed by atoms with E-state index in [0.29, 0.717) is 56.9 Å². The number of primary amides is 1. The summed E-state index contributed by atoms with van der Waals surface area (Å²) in [6.45, 7) is 4.38. The first kappa shape index (κ1) is 50.1. The molecule has 0 rings (SSSR count). The normalized spacial score (nSPS) is 11.2. The van der Waals surface area contributed by atoms with Crippen molar-refractivity contribution in [2.75, 3.05) is 60.2 Å². The van der Waals surface area contributed by atoms with Gasteiger partial charge in [-0.2, -0.15) is 0 Å². The highest BCUT2D eigenvalue weighted by molar-refractivity contribution is 5.70. The number of nitrogens with zero attached hydrogens (tertiary/aromatic N) is 1. The first-order valence-corrected chi connectivity index (χ1v) is 20.9. The molecule has 0 saturated heterocycles. The van der Waals surface area contributed by atoms with Gasteiger partial charge in [0.15, 0.2) is 6.54 Å². The molecule has 0 heterocycles. The summed E-state index contributed by atoms with van der Waals surface area (Å²) in [5, 5.41) is 0. The summed E-state index contributed by atoms with van der Waals surface area (Å²) in [6, 6.07) is 0. The number of nitrogens with two attached hydrogens (primary N) is 1. The van der Waals surface area contributed by atoms with Gasteiger partial charge in [0.1, 0.15) is 13.2 Å². The van der Waals surface area contributed by atoms with E-state index < -0.39 is 6.09 Å². The van der Waals surface area contributed by atoms with E-state index >= 15 is 0 Å². The second-order valence-corrected chi connectivity index (χ2v) is 15.0. The predicted octanol–water partition coefficient (Wildman–Crippen LogP) is 8.49. The van der Waals surface area contributed by atoms with Gasteiger partial charge >= 0.3 is 30.0 Å². The molecule has 0 aliphatic rings. The Bertz CT molecular complexity index is 944. The van der Waals surface area contributed by atoms with Crippen LogP contribution in [0.15, 0.2) is 0 Å². The van der Waals surface area contributed by atoms with Crippen molar-refractivity contribution in [2.45, 2.75) is 174 Å². The minimum absolute atomic E-state index is 0.0802. The maximum Gasteiger partial charge on any atom is 0.404 e. The zero-order chi connectivity index (χ0) is 39.3. The van der Waals surface area contributed by atoms with E-state index in [4.69, 9.17) is 29.4 Å². The molecule has 0 aromatic heterocycles. The number of unbranched alkanes of at least 4 members (excludes halogenated alkanes) is 21. The average molecular weight is 758 g/mol. The first-order chi connectivity index (χ1) is 25.5. The van der Waals surface area contributed by atoms with Crippen LogP contribution in [-0.4, -0.2) is 94.7 Å². The van der Waals surface area contributed by atoms with E-state index in [1.54, 1.807) is 0 Å². The summed E-state index contributed by atoms with van der Waals surface area (Å²) in [5.41, 5.74) is 4.93. The molecular weight excluding hydrogens is 680 g/mol. The van der Waals surface area contributed by atoms with Crippen LogP contribution < -0.4 is 5.73 Å². The number of ether oxygens (including phenoxy) is 5. The van der Waals surface area contributed by atoms with E-state index in [2.05, 4.69) is 0 Å². The fraction of sp³-hybridized carbons (Fsp3) is 0.878. The second kappa shape index (κ2) is 36.1. The first-order valence-electron chi connectivity index (χ1n) is 20.9. The lowest BCUT2D eigenvalue weighted by Gasteiger charge is -2.28. The summed E-state index contributed by atoms with van der Waals surface area (Å²) in [4.78, 5) is 57.4. The Kier molecular flexibility index (Phi) is 34.1. The van der Waals surface area contributed by atoms with Gasteiger partial charge < -0.3 is 33.9 Å². The van der Waals surface area contributed by atoms with E-state index in [0.717, 1.165) is 141 Å². The Morgan fingerprint density at radius 2 is 0.698 bits per heavy atom. The second-order valence-electron chi connectivity index (χ2n) is 15.0. The van der Waals surface area contributed by atoms with Crippen LogP contribution in [0.1, 0.15) is 174 Å². The number of carbonyl (C=O) groups excluding carboxylic acids is 5. The van der Waals surface area contributed by atoms with Crippen LogP contribution >= 0.6 is 0 Å². The Morgan fingerprint density at radius 3 is 1.04 bits per heavy atom. The van der Waals surface area contributed by atoms with Crippen LogP contribution in [0.2, 0.25) is 0 Å². The van der Waals surface area contributed by atoms with Crippen molar-refractivity contribution < 1.29 is 52.1 Å². The van der Waals surface area contributed by atoms with E-state index in [-0.39, 0.29) is 30.4 Å². The third-order valence-corrected chi connectivity index (χ3v) is 9.18. The lowest BCUT2D eigenvalue weighted by atomic mass is 10.1. The van der Waals surface area contributed by atoms with E-state index in [9.17, 15) is 24.0 Å². The Morgan fingerprint density at radius 1 is 0.396 bits per heavy atom. The third-order valence-electron chi connectivity index (χ3n) is 9.18. The molecule has 1 amide bonds. The van der Waals surface area contributed by atoms with Gasteiger partial charge in [0, 0.05) is 19.8 Å². The van der Waals surface area contributed by atoms with Crippen LogP contribution in [0.25, 0.3) is 0 Å². The summed E-state index contributed by atoms with van der Waals surface area (Å²) in [7, 11) is 3.83. The number of rotatable bonds is 38. The van der Waals surface area contributed by atoms with E-state index in [1.807, 2.05) is 14.1 Å². The Balaban J connectivity index is 3.37. The molecule has 0 unspecified atom stereocenters. The maximum atomic E-state index is 12.1. The van der Waals surface area contributed by atoms with Crippen LogP contribution in [0, 0.1) is 0 Å². The van der Waals surface area contributed by atoms with E-state index in [1.165, 1.54) is 19.8 Å². The highest BCUT2D eigenvalue weighted by Gasteiger charge is 2.21. The molecule has 12 heteroatoms. The topological polar surface area (TPSA) is 158 Å². The molecule has 0 aromatic carbocycles. The van der Waals surface area contributed by atoms with Crippen molar-refractivity contribution >= 4 is 30.0 Å². The minimum atomic E-state index is -0.703. The molecule has 0 fully saturated rings. The molecule has 0 aliphatic carbocycles. The van der Waals surface area contributed by atoms with Gasteiger partial charge in [-0.05, 0) is 38.5 Å². The Hall–Kier alpha value is -2.89. The van der Waals surface area contributed by atoms with Crippen molar-refractivity contribution in [3.63, 3.8) is 0 Å². The molecular formula is C41H77N2O10+. The van der Waals surface area contributed by atoms with Crippen molar-refractivity contribution in [3.8, 4) is 0 Å². The SMILES string of the molecule is CC(=O)OCC[N+](C)(C)CC(=O)OCCCCCCCCCCOC(=O)CCCCCCCCCCC(=O)OCCCCCCCCCCOC(N)=O. The number of hydrogen-bond acceptors (Lipinski definition) is 10. The van der Waals surface area contributed by atoms with Crippen molar-refractivity contribution in [1.82, 2.24) is 0 Å². The lowest BCUT2D eigenvalue weighted by molar-refractivity contribution is -0.883. The van der Waals surface area contributed by atoms with Crippen LogP contribution in [0.5, 0.6) is 0 Å². The van der Waals surface area contributed by atoms with Crippen molar-refractivity contribution in [3.05, 3.63) is 0 Å². The molecule has 0 radical (unpaired) electrons. The number of amides is 1. The number of likely N-dealkylation sites (N-methyl/N-ethyl adjacent to an activating group) is 1. The summed E-state index contributed by atoms with van der Waals surface area (Å²) >= 11 is 0. The summed E-state index contributed by atoms with van der Waals surface area (Å²) < 4.78 is 26.2. The largest absolute Gasteiger partial charge is 0.466 e. The predicted molar refractivity (Wildman–Crippen MR) is 207 cm³/mol. The van der Waals surface area contributed by atoms with Crippen LogP contribution in [0.3, 0.4) is 0 Å². The van der Waals surface area contributed by atoms with Gasteiger partial charge in [0.2, 0.25) is 0 Å². The molecule has 0 saturated carbocycles. The molecule has 0 aromatic rings. The van der Waals surface area contributed by atoms with Crippen molar-refractivity contribution in [2.24, 2.45) is 5.73 Å². The van der Waals surface area contributed by atoms with Crippen LogP contribution in [-0.2, 0) is 42.9 Å². The number of carbonyl (C=O) groups is 5. The molecule has 310 valence electrons. The third kappa shape index (κ3) is 40.1. The molecule has 0 spiro atoms. The molecule has 0 aliphatic heterocycles. The Labute approximate surface area is 321 Å². The monoisotopic (exact) mass is 758 g/mol. The van der Waals surface area contributed by atoms with Gasteiger partial charge in [-0.15, -0.1) is 0 Å². The highest BCUT2D eigenvalue weighted by atomic mass is 16.6. The van der Waals surface area contributed by atoms with Gasteiger partial charge in [0.05, 0.1) is 40.5 Å². The number of quaternary nitrogens is 1. The molecule has 53 heavy (non-hydrogen) atoms. The quantitative estimate of drug-likeness (QED) is 0.0280. The zero-order valence-corrected chi connectivity index (χ0v) is 33.9. The summed E-state index contributed by atoms with van der Waals surface area (Å²) in [5.74, 6) is -0.698. The average Bonchev–Trinajstić information content (AvgIpc) is 3.09. The van der Waals surface area contributed by atoms with Gasteiger partial charge in [0.25, 0.3) is 0 Å². The standard InChI is InChI=1S/C41H76N2O10/c1-37(44)49-35-30-43(2,3)36-40(47)52-33-26-20-14-7-6-12-18-24-31-50-38(45)28-22-16-10-4-5-11-17-23-29-39(46)51-32-25-19-13-8-9-15-21-27-34-53-41(42)48/h4-36H2,1-3H3,(H-,42,48)/p+1. The zero-order valence-electron chi connectivity index (χ0n) is 33.9. The lowest BCUT2D eigenvalue weighted by Crippen LogP contribution is -2.46. The fourth-order valence-electron chi connectivity index (χ4n) is 5.91. The maximum absolute atomic E-state index is 12.1. The molecule has 0 atom stereocenters. The summed E-state index contributed by atoms with van der Waals surface area (Å²) in [6.07, 6.45) is 25.8. The highest BCUT2D eigenvalue weighted by Crippen LogP contribution is 2.13. The smallest absolute Gasteiger partial charge is 0.404 e. The minimum Gasteiger partial charge on any atom is -0.466 e. The molecule has 12 nitrogen and oxygen atoms in total. The van der Waals surface area contributed by atoms with Gasteiger partial charge in [-0.25, -0.2) is 9.59 Å². The van der Waals surface area contributed by atoms with Gasteiger partial charge in [-0.1, -0.05) is 116 Å². The fourth-order valence-corrected chi connectivity index (χ4v) is 5.91.